The molecular formula is C10H11F2NO. The maximum atomic E-state index is 11.9. The van der Waals surface area contributed by atoms with Crippen LogP contribution in [-0.4, -0.2) is 12.3 Å². The summed E-state index contributed by atoms with van der Waals surface area (Å²) in [6.45, 7) is 3.58. The summed E-state index contributed by atoms with van der Waals surface area (Å²) >= 11 is 0. The van der Waals surface area contributed by atoms with E-state index in [-0.39, 0.29) is 0 Å². The monoisotopic (exact) mass is 199 g/mol. The molecular weight excluding hydrogens is 188 g/mol. The fourth-order valence-corrected chi connectivity index (χ4v) is 1.06. The highest BCUT2D eigenvalue weighted by atomic mass is 19.3. The van der Waals surface area contributed by atoms with Crippen LogP contribution in [0.1, 0.15) is 11.1 Å². The van der Waals surface area contributed by atoms with Gasteiger partial charge in [-0.3, -0.25) is 4.79 Å². The van der Waals surface area contributed by atoms with Gasteiger partial charge >= 0.3 is 6.43 Å². The van der Waals surface area contributed by atoms with Gasteiger partial charge in [0.2, 0.25) is 0 Å². The lowest BCUT2D eigenvalue weighted by molar-refractivity contribution is -0.126. The van der Waals surface area contributed by atoms with Crippen LogP contribution >= 0.6 is 0 Å². The molecule has 0 heterocycles. The maximum Gasteiger partial charge on any atom is 0.315 e. The lowest BCUT2D eigenvalue weighted by Crippen LogP contribution is -2.20. The normalized spacial score (nSPS) is 10.4. The van der Waals surface area contributed by atoms with E-state index in [0.29, 0.717) is 5.69 Å². The second-order valence-electron chi connectivity index (χ2n) is 3.11. The van der Waals surface area contributed by atoms with Crippen LogP contribution in [0.5, 0.6) is 0 Å². The average Bonchev–Trinajstić information content (AvgIpc) is 2.11. The van der Waals surface area contributed by atoms with Crippen molar-refractivity contribution in [3.63, 3.8) is 0 Å². The van der Waals surface area contributed by atoms with E-state index in [0.717, 1.165) is 11.1 Å². The number of benzene rings is 1. The molecule has 0 unspecified atom stereocenters. The maximum absolute atomic E-state index is 11.9. The van der Waals surface area contributed by atoms with Crippen molar-refractivity contribution >= 4 is 11.6 Å². The van der Waals surface area contributed by atoms with E-state index in [1.807, 2.05) is 13.0 Å². The molecule has 0 fully saturated rings. The molecule has 1 aromatic rings. The van der Waals surface area contributed by atoms with Gasteiger partial charge in [0.1, 0.15) is 0 Å². The van der Waals surface area contributed by atoms with E-state index >= 15 is 0 Å². The fourth-order valence-electron chi connectivity index (χ4n) is 1.06. The number of hydrogen-bond acceptors (Lipinski definition) is 1. The number of anilines is 1. The van der Waals surface area contributed by atoms with E-state index in [2.05, 4.69) is 5.32 Å². The molecule has 0 spiro atoms. The van der Waals surface area contributed by atoms with Gasteiger partial charge < -0.3 is 5.32 Å². The van der Waals surface area contributed by atoms with E-state index in [4.69, 9.17) is 0 Å². The Balaban J connectivity index is 2.86. The van der Waals surface area contributed by atoms with Gasteiger partial charge in [0.05, 0.1) is 0 Å². The van der Waals surface area contributed by atoms with Gasteiger partial charge in [-0.2, -0.15) is 8.78 Å². The van der Waals surface area contributed by atoms with Crippen molar-refractivity contribution < 1.29 is 13.6 Å². The first-order valence-electron chi connectivity index (χ1n) is 4.17. The molecule has 0 atom stereocenters. The largest absolute Gasteiger partial charge is 0.321 e. The van der Waals surface area contributed by atoms with Crippen molar-refractivity contribution in [1.29, 1.82) is 0 Å². The van der Waals surface area contributed by atoms with Crippen LogP contribution in [-0.2, 0) is 4.79 Å². The zero-order valence-electron chi connectivity index (χ0n) is 7.97. The predicted molar refractivity (Wildman–Crippen MR) is 50.5 cm³/mol. The molecule has 14 heavy (non-hydrogen) atoms. The number of rotatable bonds is 2. The van der Waals surface area contributed by atoms with Crippen molar-refractivity contribution in [2.75, 3.05) is 5.32 Å². The van der Waals surface area contributed by atoms with E-state index in [1.54, 1.807) is 19.1 Å². The summed E-state index contributed by atoms with van der Waals surface area (Å²) in [7, 11) is 0. The summed E-state index contributed by atoms with van der Waals surface area (Å²) in [5.74, 6) is -1.27. The molecule has 0 aliphatic carbocycles. The van der Waals surface area contributed by atoms with Crippen LogP contribution in [0.25, 0.3) is 0 Å². The molecule has 0 bridgehead atoms. The number of carbonyl (C=O) groups is 1. The predicted octanol–water partition coefficient (Wildman–Crippen LogP) is 2.51. The Bertz CT molecular complexity index is 350. The quantitative estimate of drug-likeness (QED) is 0.779. The number of amides is 1. The van der Waals surface area contributed by atoms with Crippen molar-refractivity contribution in [3.8, 4) is 0 Å². The standard InChI is InChI=1S/C10H11F2NO/c1-6-3-4-7(2)8(5-6)13-10(14)9(11)12/h3-5,9H,1-2H3,(H,13,14). The number of hydrogen-bond donors (Lipinski definition) is 1. The zero-order valence-corrected chi connectivity index (χ0v) is 7.97. The first-order chi connectivity index (χ1) is 6.50. The van der Waals surface area contributed by atoms with Gasteiger partial charge in [0.25, 0.3) is 5.91 Å². The molecule has 0 aromatic heterocycles. The van der Waals surface area contributed by atoms with Gasteiger partial charge in [0, 0.05) is 5.69 Å². The molecule has 0 radical (unpaired) electrons. The molecule has 76 valence electrons. The average molecular weight is 199 g/mol. The molecule has 0 saturated carbocycles. The molecule has 2 nitrogen and oxygen atoms in total. The third-order valence-electron chi connectivity index (χ3n) is 1.85. The highest BCUT2D eigenvalue weighted by Crippen LogP contribution is 2.16. The Morgan fingerprint density at radius 1 is 1.36 bits per heavy atom. The van der Waals surface area contributed by atoms with Crippen LogP contribution in [0.4, 0.5) is 14.5 Å². The molecule has 1 rings (SSSR count). The Labute approximate surface area is 80.9 Å². The second kappa shape index (κ2) is 4.17. The van der Waals surface area contributed by atoms with Gasteiger partial charge in [-0.05, 0) is 31.0 Å². The third kappa shape index (κ3) is 2.52. The molecule has 1 amide bonds. The number of nitrogens with one attached hydrogen (secondary N) is 1. The smallest absolute Gasteiger partial charge is 0.315 e. The SMILES string of the molecule is Cc1ccc(C)c(NC(=O)C(F)F)c1. The van der Waals surface area contributed by atoms with Crippen molar-refractivity contribution in [2.24, 2.45) is 0 Å². The lowest BCUT2D eigenvalue weighted by atomic mass is 10.1. The Hall–Kier alpha value is -1.45. The molecule has 0 saturated heterocycles. The Morgan fingerprint density at radius 3 is 2.57 bits per heavy atom. The minimum atomic E-state index is -2.98. The van der Waals surface area contributed by atoms with Crippen molar-refractivity contribution in [1.82, 2.24) is 0 Å². The Morgan fingerprint density at radius 2 is 2.00 bits per heavy atom. The van der Waals surface area contributed by atoms with Gasteiger partial charge in [-0.1, -0.05) is 12.1 Å². The molecule has 1 aromatic carbocycles. The summed E-state index contributed by atoms with van der Waals surface area (Å²) in [4.78, 5) is 10.7. The van der Waals surface area contributed by atoms with Gasteiger partial charge in [-0.25, -0.2) is 0 Å². The molecule has 0 aliphatic rings. The van der Waals surface area contributed by atoms with Crippen LogP contribution < -0.4 is 5.32 Å². The summed E-state index contributed by atoms with van der Waals surface area (Å²) in [6, 6.07) is 5.29. The van der Waals surface area contributed by atoms with Gasteiger partial charge in [0.15, 0.2) is 0 Å². The third-order valence-corrected chi connectivity index (χ3v) is 1.85. The summed E-state index contributed by atoms with van der Waals surface area (Å²) in [6.07, 6.45) is -2.98. The zero-order chi connectivity index (χ0) is 10.7. The minimum Gasteiger partial charge on any atom is -0.321 e. The Kier molecular flexibility index (Phi) is 3.17. The van der Waals surface area contributed by atoms with Crippen LogP contribution in [0.15, 0.2) is 18.2 Å². The van der Waals surface area contributed by atoms with Crippen LogP contribution in [0.3, 0.4) is 0 Å². The molecule has 0 aliphatic heterocycles. The van der Waals surface area contributed by atoms with Gasteiger partial charge in [-0.15, -0.1) is 0 Å². The van der Waals surface area contributed by atoms with Crippen molar-refractivity contribution in [3.05, 3.63) is 29.3 Å². The van der Waals surface area contributed by atoms with E-state index in [9.17, 15) is 13.6 Å². The fraction of sp³-hybridized carbons (Fsp3) is 0.300. The first-order valence-corrected chi connectivity index (χ1v) is 4.17. The first kappa shape index (κ1) is 10.6. The topological polar surface area (TPSA) is 29.1 Å². The number of carbonyl (C=O) groups excluding carboxylic acids is 1. The second-order valence-corrected chi connectivity index (χ2v) is 3.11. The van der Waals surface area contributed by atoms with Crippen LogP contribution in [0.2, 0.25) is 0 Å². The summed E-state index contributed by atoms with van der Waals surface area (Å²) < 4.78 is 23.9. The molecule has 1 N–H and O–H groups in total. The summed E-state index contributed by atoms with van der Waals surface area (Å²) in [5.41, 5.74) is 2.13. The summed E-state index contributed by atoms with van der Waals surface area (Å²) in [5, 5.41) is 2.16. The van der Waals surface area contributed by atoms with Crippen molar-refractivity contribution in [2.45, 2.75) is 20.3 Å². The van der Waals surface area contributed by atoms with E-state index < -0.39 is 12.3 Å². The molecule has 4 heteroatoms. The lowest BCUT2D eigenvalue weighted by Gasteiger charge is -2.08. The highest BCUT2D eigenvalue weighted by Gasteiger charge is 2.15. The number of alkyl halides is 2. The highest BCUT2D eigenvalue weighted by molar-refractivity contribution is 5.93. The van der Waals surface area contributed by atoms with E-state index in [1.165, 1.54) is 0 Å². The number of halogens is 2. The van der Waals surface area contributed by atoms with Crippen LogP contribution in [0, 0.1) is 13.8 Å². The number of aryl methyl sites for hydroxylation is 2. The minimum absolute atomic E-state index is 0.440.